The number of carbonyl (C=O) groups is 1. The summed E-state index contributed by atoms with van der Waals surface area (Å²) in [4.78, 5) is 11.0. The molecule has 0 aromatic heterocycles. The number of carbonyl (C=O) groups excluding carboxylic acids is 1. The van der Waals surface area contributed by atoms with Gasteiger partial charge in [0, 0.05) is 0 Å². The van der Waals surface area contributed by atoms with Crippen LogP contribution in [0.15, 0.2) is 4.47 Å². The summed E-state index contributed by atoms with van der Waals surface area (Å²) in [5.74, 6) is 1.59. The monoisotopic (exact) mass is 288 g/mol. The number of hydrogen-bond donors (Lipinski definition) is 0. The third-order valence-electron chi connectivity index (χ3n) is 2.23. The molecule has 0 radical (unpaired) electrons. The van der Waals surface area contributed by atoms with E-state index >= 15 is 0 Å². The van der Waals surface area contributed by atoms with Crippen LogP contribution in [0.5, 0.6) is 23.0 Å². The smallest absolute Gasteiger partial charge is 0.231 e. The number of fused-ring (bicyclic) bond motifs is 1. The molecule has 16 heavy (non-hydrogen) atoms. The number of halogens is 1. The molecule has 1 aliphatic heterocycles. The van der Waals surface area contributed by atoms with Crippen LogP contribution in [0.3, 0.4) is 0 Å². The first kappa shape index (κ1) is 11.1. The lowest BCUT2D eigenvalue weighted by molar-refractivity contribution is 0.111. The largest absolute Gasteiger partial charge is 0.492 e. The maximum atomic E-state index is 11.0. The molecular weight excluding hydrogens is 280 g/mol. The second kappa shape index (κ2) is 4.21. The molecule has 1 aromatic rings. The van der Waals surface area contributed by atoms with Crippen LogP contribution in [0.2, 0.25) is 0 Å². The highest BCUT2D eigenvalue weighted by Crippen LogP contribution is 2.53. The zero-order valence-electron chi connectivity index (χ0n) is 8.70. The van der Waals surface area contributed by atoms with Crippen LogP contribution in [0.25, 0.3) is 0 Å². The summed E-state index contributed by atoms with van der Waals surface area (Å²) in [6.07, 6.45) is 0.674. The summed E-state index contributed by atoms with van der Waals surface area (Å²) in [7, 11) is 2.93. The molecule has 0 atom stereocenters. The Kier molecular flexibility index (Phi) is 2.91. The minimum absolute atomic E-state index is 0.0930. The van der Waals surface area contributed by atoms with E-state index in [1.165, 1.54) is 14.2 Å². The molecule has 1 heterocycles. The normalized spacial score (nSPS) is 12.4. The predicted octanol–water partition coefficient (Wildman–Crippen LogP) is 2.01. The van der Waals surface area contributed by atoms with Crippen molar-refractivity contribution >= 4 is 22.2 Å². The highest BCUT2D eigenvalue weighted by molar-refractivity contribution is 9.10. The lowest BCUT2D eigenvalue weighted by Gasteiger charge is -2.13. The minimum atomic E-state index is 0.0930. The number of aldehydes is 1. The molecule has 1 aliphatic rings. The standard InChI is InChI=1S/C10H9BrO5/c1-13-7-5(3-12)6(11)8-10(9(7)14-2)16-4-15-8/h3H,4H2,1-2H3. The Hall–Kier alpha value is -1.43. The maximum Gasteiger partial charge on any atom is 0.231 e. The minimum Gasteiger partial charge on any atom is -0.492 e. The molecule has 0 N–H and O–H groups in total. The molecule has 2 rings (SSSR count). The van der Waals surface area contributed by atoms with E-state index < -0.39 is 0 Å². The van der Waals surface area contributed by atoms with E-state index in [4.69, 9.17) is 18.9 Å². The lowest BCUT2D eigenvalue weighted by Crippen LogP contribution is -1.98. The van der Waals surface area contributed by atoms with Gasteiger partial charge in [0.25, 0.3) is 0 Å². The lowest BCUT2D eigenvalue weighted by atomic mass is 10.1. The van der Waals surface area contributed by atoms with Gasteiger partial charge in [0.2, 0.25) is 18.3 Å². The molecule has 5 nitrogen and oxygen atoms in total. The van der Waals surface area contributed by atoms with Crippen LogP contribution >= 0.6 is 15.9 Å². The van der Waals surface area contributed by atoms with Crippen LogP contribution in [-0.4, -0.2) is 27.3 Å². The molecule has 0 saturated heterocycles. The zero-order valence-corrected chi connectivity index (χ0v) is 10.3. The molecule has 1 aromatic carbocycles. The van der Waals surface area contributed by atoms with Gasteiger partial charge in [0.15, 0.2) is 17.8 Å². The third kappa shape index (κ3) is 1.41. The number of methoxy groups -OCH3 is 2. The average Bonchev–Trinajstić information content (AvgIpc) is 2.77. The fourth-order valence-corrected chi connectivity index (χ4v) is 2.12. The van der Waals surface area contributed by atoms with Crippen molar-refractivity contribution < 1.29 is 23.7 Å². The van der Waals surface area contributed by atoms with Crippen LogP contribution < -0.4 is 18.9 Å². The predicted molar refractivity (Wildman–Crippen MR) is 58.8 cm³/mol. The van der Waals surface area contributed by atoms with Gasteiger partial charge in [-0.3, -0.25) is 4.79 Å². The summed E-state index contributed by atoms with van der Waals surface area (Å²) >= 11 is 3.28. The topological polar surface area (TPSA) is 54.0 Å². The summed E-state index contributed by atoms with van der Waals surface area (Å²) in [6, 6.07) is 0. The van der Waals surface area contributed by atoms with Crippen molar-refractivity contribution in [2.45, 2.75) is 0 Å². The Balaban J connectivity index is 2.77. The van der Waals surface area contributed by atoms with Crippen molar-refractivity contribution in [3.05, 3.63) is 10.0 Å². The van der Waals surface area contributed by atoms with Crippen LogP contribution in [0.1, 0.15) is 10.4 Å². The van der Waals surface area contributed by atoms with Gasteiger partial charge < -0.3 is 18.9 Å². The number of hydrogen-bond acceptors (Lipinski definition) is 5. The zero-order chi connectivity index (χ0) is 11.7. The second-order valence-corrected chi connectivity index (χ2v) is 3.77. The van der Waals surface area contributed by atoms with Crippen molar-refractivity contribution in [2.75, 3.05) is 21.0 Å². The van der Waals surface area contributed by atoms with E-state index in [-0.39, 0.29) is 6.79 Å². The summed E-state index contributed by atoms with van der Waals surface area (Å²) < 4.78 is 21.3. The van der Waals surface area contributed by atoms with Crippen molar-refractivity contribution in [3.63, 3.8) is 0 Å². The Morgan fingerprint density at radius 3 is 2.38 bits per heavy atom. The van der Waals surface area contributed by atoms with E-state index in [1.807, 2.05) is 0 Å². The molecule has 0 aliphatic carbocycles. The van der Waals surface area contributed by atoms with Gasteiger partial charge in [-0.2, -0.15) is 0 Å². The molecule has 0 fully saturated rings. The van der Waals surface area contributed by atoms with Gasteiger partial charge in [-0.25, -0.2) is 0 Å². The summed E-state index contributed by atoms with van der Waals surface area (Å²) in [5, 5.41) is 0. The van der Waals surface area contributed by atoms with Crippen molar-refractivity contribution in [1.82, 2.24) is 0 Å². The van der Waals surface area contributed by atoms with E-state index in [0.29, 0.717) is 39.3 Å². The SMILES string of the molecule is COc1c(C=O)c(Br)c2c(c1OC)OCO2. The van der Waals surface area contributed by atoms with Crippen molar-refractivity contribution in [3.8, 4) is 23.0 Å². The first-order chi connectivity index (χ1) is 7.74. The van der Waals surface area contributed by atoms with Gasteiger partial charge in [-0.05, 0) is 15.9 Å². The molecule has 0 saturated carbocycles. The van der Waals surface area contributed by atoms with Crippen LogP contribution in [0, 0.1) is 0 Å². The van der Waals surface area contributed by atoms with Crippen LogP contribution in [-0.2, 0) is 0 Å². The molecular formula is C10H9BrO5. The Morgan fingerprint density at radius 1 is 1.19 bits per heavy atom. The maximum absolute atomic E-state index is 11.0. The van der Waals surface area contributed by atoms with Gasteiger partial charge in [-0.1, -0.05) is 0 Å². The molecule has 0 spiro atoms. The fraction of sp³-hybridized carbons (Fsp3) is 0.300. The van der Waals surface area contributed by atoms with E-state index in [0.717, 1.165) is 0 Å². The van der Waals surface area contributed by atoms with Crippen molar-refractivity contribution in [2.24, 2.45) is 0 Å². The molecule has 6 heteroatoms. The highest BCUT2D eigenvalue weighted by atomic mass is 79.9. The molecule has 86 valence electrons. The van der Waals surface area contributed by atoms with E-state index in [1.54, 1.807) is 0 Å². The summed E-state index contributed by atoms with van der Waals surface area (Å²) in [5.41, 5.74) is 0.337. The van der Waals surface area contributed by atoms with Crippen molar-refractivity contribution in [1.29, 1.82) is 0 Å². The Labute approximate surface area is 100 Å². The molecule has 0 amide bonds. The van der Waals surface area contributed by atoms with Gasteiger partial charge in [-0.15, -0.1) is 0 Å². The van der Waals surface area contributed by atoms with Gasteiger partial charge in [0.05, 0.1) is 24.3 Å². The fourth-order valence-electron chi connectivity index (χ4n) is 1.55. The molecule has 0 bridgehead atoms. The quantitative estimate of drug-likeness (QED) is 0.797. The number of rotatable bonds is 3. The van der Waals surface area contributed by atoms with E-state index in [9.17, 15) is 4.79 Å². The van der Waals surface area contributed by atoms with E-state index in [2.05, 4.69) is 15.9 Å². The second-order valence-electron chi connectivity index (χ2n) is 2.98. The highest BCUT2D eigenvalue weighted by Gasteiger charge is 2.30. The summed E-state index contributed by atoms with van der Waals surface area (Å²) in [6.45, 7) is 0.0930. The number of benzene rings is 1. The first-order valence-corrected chi connectivity index (χ1v) is 5.22. The van der Waals surface area contributed by atoms with Gasteiger partial charge >= 0.3 is 0 Å². The number of ether oxygens (including phenoxy) is 4. The Morgan fingerprint density at radius 2 is 1.81 bits per heavy atom. The van der Waals surface area contributed by atoms with Crippen LogP contribution in [0.4, 0.5) is 0 Å². The molecule has 0 unspecified atom stereocenters. The average molecular weight is 289 g/mol. The first-order valence-electron chi connectivity index (χ1n) is 4.42. The van der Waals surface area contributed by atoms with Gasteiger partial charge in [0.1, 0.15) is 0 Å². The third-order valence-corrected chi connectivity index (χ3v) is 3.02. The Bertz CT molecular complexity index is 444.